The molecule has 0 spiro atoms. The van der Waals surface area contributed by atoms with E-state index in [0.717, 1.165) is 16.5 Å². The van der Waals surface area contributed by atoms with Crippen molar-refractivity contribution in [3.63, 3.8) is 0 Å². The van der Waals surface area contributed by atoms with Crippen LogP contribution in [0.2, 0.25) is 0 Å². The largest absolute Gasteiger partial charge is 0.456 e. The van der Waals surface area contributed by atoms with E-state index in [0.29, 0.717) is 0 Å². The maximum absolute atomic E-state index is 11.7. The lowest BCUT2D eigenvalue weighted by Gasteiger charge is -2.41. The fourth-order valence-electron chi connectivity index (χ4n) is 3.37. The predicted molar refractivity (Wildman–Crippen MR) is 104 cm³/mol. The summed E-state index contributed by atoms with van der Waals surface area (Å²) in [6, 6.07) is 13.5. The van der Waals surface area contributed by atoms with E-state index in [1.165, 1.54) is 20.8 Å². The van der Waals surface area contributed by atoms with Crippen molar-refractivity contribution >= 4 is 34.4 Å². The van der Waals surface area contributed by atoms with Gasteiger partial charge in [-0.1, -0.05) is 36.4 Å². The topological polar surface area (TPSA) is 100 Å². The van der Waals surface area contributed by atoms with Gasteiger partial charge in [0.25, 0.3) is 0 Å². The number of esters is 3. The molecule has 4 atom stereocenters. The molecule has 8 nitrogen and oxygen atoms in total. The molecule has 0 aliphatic carbocycles. The van der Waals surface area contributed by atoms with Crippen LogP contribution in [0.4, 0.5) is 5.69 Å². The second-order valence-electron chi connectivity index (χ2n) is 6.72. The Labute approximate surface area is 168 Å². The minimum absolute atomic E-state index is 0.0300. The van der Waals surface area contributed by atoms with E-state index in [2.05, 4.69) is 5.32 Å². The van der Waals surface area contributed by atoms with Gasteiger partial charge in [-0.05, 0) is 11.5 Å². The van der Waals surface area contributed by atoms with Crippen LogP contribution in [0.15, 0.2) is 42.5 Å². The molecule has 1 fully saturated rings. The molecule has 1 aliphatic heterocycles. The predicted octanol–water partition coefficient (Wildman–Crippen LogP) is 2.40. The van der Waals surface area contributed by atoms with Crippen LogP contribution in [0.5, 0.6) is 0 Å². The normalized spacial score (nSPS) is 23.8. The minimum Gasteiger partial charge on any atom is -0.456 e. The van der Waals surface area contributed by atoms with Crippen LogP contribution in [-0.2, 0) is 33.3 Å². The number of rotatable bonds is 5. The summed E-state index contributed by atoms with van der Waals surface area (Å²) in [7, 11) is 0. The first-order valence-electron chi connectivity index (χ1n) is 9.22. The summed E-state index contributed by atoms with van der Waals surface area (Å²) in [5.41, 5.74) is 0.762. The quantitative estimate of drug-likeness (QED) is 0.602. The van der Waals surface area contributed by atoms with Crippen LogP contribution < -0.4 is 5.32 Å². The molecule has 8 heteroatoms. The molecule has 0 amide bonds. The number of nitrogens with one attached hydrogen (secondary N) is 1. The molecule has 154 valence electrons. The molecule has 2 aromatic rings. The van der Waals surface area contributed by atoms with Gasteiger partial charge in [-0.25, -0.2) is 0 Å². The molecular formula is C21H23NO7. The Kier molecular flexibility index (Phi) is 6.33. The van der Waals surface area contributed by atoms with E-state index in [-0.39, 0.29) is 6.61 Å². The van der Waals surface area contributed by atoms with Crippen LogP contribution in [0.3, 0.4) is 0 Å². The summed E-state index contributed by atoms with van der Waals surface area (Å²) in [4.78, 5) is 34.8. The zero-order chi connectivity index (χ0) is 21.0. The van der Waals surface area contributed by atoms with Gasteiger partial charge in [0.05, 0.1) is 6.61 Å². The molecule has 0 aromatic heterocycles. The molecule has 1 aliphatic rings. The lowest BCUT2D eigenvalue weighted by atomic mass is 10.0. The van der Waals surface area contributed by atoms with Gasteiger partial charge in [0.15, 0.2) is 24.5 Å². The van der Waals surface area contributed by atoms with Gasteiger partial charge in [-0.15, -0.1) is 0 Å². The lowest BCUT2D eigenvalue weighted by molar-refractivity contribution is -0.221. The van der Waals surface area contributed by atoms with Crippen molar-refractivity contribution in [3.8, 4) is 0 Å². The Bertz CT molecular complexity index is 908. The van der Waals surface area contributed by atoms with Crippen LogP contribution in [0.1, 0.15) is 20.8 Å². The standard InChI is InChI=1S/C21H23NO7/c1-12(23)27-18-11-26-21(20(29-14(3)25)19(18)28-13(2)24)22-17-10-6-8-15-7-4-5-9-16(15)17/h4-10,18-22H,11H2,1-3H3/t18-,19+,20-,21-/m1/s1. The van der Waals surface area contributed by atoms with E-state index < -0.39 is 42.4 Å². The number of ether oxygens (including phenoxy) is 4. The van der Waals surface area contributed by atoms with Crippen LogP contribution in [0.25, 0.3) is 10.8 Å². The number of benzene rings is 2. The highest BCUT2D eigenvalue weighted by atomic mass is 16.6. The van der Waals surface area contributed by atoms with E-state index >= 15 is 0 Å². The van der Waals surface area contributed by atoms with Gasteiger partial charge < -0.3 is 24.3 Å². The first kappa shape index (κ1) is 20.6. The third-order valence-corrected chi connectivity index (χ3v) is 4.44. The van der Waals surface area contributed by atoms with Gasteiger partial charge in [0.1, 0.15) is 0 Å². The van der Waals surface area contributed by atoms with Gasteiger partial charge in [0, 0.05) is 31.8 Å². The first-order chi connectivity index (χ1) is 13.8. The number of fused-ring (bicyclic) bond motifs is 1. The van der Waals surface area contributed by atoms with Crippen molar-refractivity contribution < 1.29 is 33.3 Å². The molecule has 1 heterocycles. The van der Waals surface area contributed by atoms with Gasteiger partial charge >= 0.3 is 17.9 Å². The SMILES string of the molecule is CC(=O)O[C@@H]1[C@@H](OC(C)=O)[C@H](OC(C)=O)CO[C@H]1Nc1cccc2ccccc12. The summed E-state index contributed by atoms with van der Waals surface area (Å²) in [6.07, 6.45) is -3.75. The Morgan fingerprint density at radius 3 is 2.17 bits per heavy atom. The van der Waals surface area contributed by atoms with Crippen LogP contribution >= 0.6 is 0 Å². The van der Waals surface area contributed by atoms with Crippen molar-refractivity contribution in [1.29, 1.82) is 0 Å². The summed E-state index contributed by atoms with van der Waals surface area (Å²) >= 11 is 0. The van der Waals surface area contributed by atoms with Crippen molar-refractivity contribution in [2.45, 2.75) is 45.3 Å². The van der Waals surface area contributed by atoms with Crippen molar-refractivity contribution in [2.75, 3.05) is 11.9 Å². The van der Waals surface area contributed by atoms with E-state index in [1.54, 1.807) is 0 Å². The Morgan fingerprint density at radius 1 is 0.862 bits per heavy atom. The van der Waals surface area contributed by atoms with Crippen LogP contribution in [0, 0.1) is 0 Å². The molecule has 0 radical (unpaired) electrons. The molecule has 1 N–H and O–H groups in total. The maximum atomic E-state index is 11.7. The van der Waals surface area contributed by atoms with Gasteiger partial charge in [-0.2, -0.15) is 0 Å². The van der Waals surface area contributed by atoms with Crippen molar-refractivity contribution in [2.24, 2.45) is 0 Å². The second-order valence-corrected chi connectivity index (χ2v) is 6.72. The number of carbonyl (C=O) groups excluding carboxylic acids is 3. The Balaban J connectivity index is 1.92. The average Bonchev–Trinajstić information content (AvgIpc) is 2.65. The van der Waals surface area contributed by atoms with E-state index in [4.69, 9.17) is 18.9 Å². The zero-order valence-corrected chi connectivity index (χ0v) is 16.4. The second kappa shape index (κ2) is 8.91. The summed E-state index contributed by atoms with van der Waals surface area (Å²) in [5.74, 6) is -1.73. The van der Waals surface area contributed by atoms with Gasteiger partial charge in [-0.3, -0.25) is 14.4 Å². The number of hydrogen-bond acceptors (Lipinski definition) is 8. The smallest absolute Gasteiger partial charge is 0.303 e. The van der Waals surface area contributed by atoms with E-state index in [1.807, 2.05) is 42.5 Å². The van der Waals surface area contributed by atoms with E-state index in [9.17, 15) is 14.4 Å². The molecular weight excluding hydrogens is 378 g/mol. The average molecular weight is 401 g/mol. The highest BCUT2D eigenvalue weighted by Crippen LogP contribution is 2.29. The number of anilines is 1. The molecule has 3 rings (SSSR count). The first-order valence-corrected chi connectivity index (χ1v) is 9.22. The van der Waals surface area contributed by atoms with Crippen molar-refractivity contribution in [1.82, 2.24) is 0 Å². The molecule has 2 aromatic carbocycles. The molecule has 1 saturated heterocycles. The molecule has 0 bridgehead atoms. The number of carbonyl (C=O) groups is 3. The summed E-state index contributed by atoms with van der Waals surface area (Å²) in [6.45, 7) is 3.69. The highest BCUT2D eigenvalue weighted by molar-refractivity contribution is 5.93. The number of hydrogen-bond donors (Lipinski definition) is 1. The maximum Gasteiger partial charge on any atom is 0.303 e. The summed E-state index contributed by atoms with van der Waals surface area (Å²) < 4.78 is 21.8. The minimum atomic E-state index is -1.02. The summed E-state index contributed by atoms with van der Waals surface area (Å²) in [5, 5.41) is 5.20. The van der Waals surface area contributed by atoms with Crippen molar-refractivity contribution in [3.05, 3.63) is 42.5 Å². The Hall–Kier alpha value is -3.13. The molecule has 29 heavy (non-hydrogen) atoms. The monoisotopic (exact) mass is 401 g/mol. The van der Waals surface area contributed by atoms with Gasteiger partial charge in [0.2, 0.25) is 0 Å². The zero-order valence-electron chi connectivity index (χ0n) is 16.4. The third kappa shape index (κ3) is 5.03. The third-order valence-electron chi connectivity index (χ3n) is 4.44. The molecule has 0 saturated carbocycles. The molecule has 0 unspecified atom stereocenters. The lowest BCUT2D eigenvalue weighted by Crippen LogP contribution is -2.59. The highest BCUT2D eigenvalue weighted by Gasteiger charge is 2.47. The fourth-order valence-corrected chi connectivity index (χ4v) is 3.37. The fraction of sp³-hybridized carbons (Fsp3) is 0.381. The van der Waals surface area contributed by atoms with Crippen LogP contribution in [-0.4, -0.2) is 49.1 Å². The Morgan fingerprint density at radius 2 is 1.48 bits per heavy atom.